The minimum atomic E-state index is -1.52. The van der Waals surface area contributed by atoms with Gasteiger partial charge >= 0.3 is 0 Å². The number of amides is 4. The maximum absolute atomic E-state index is 13.8. The van der Waals surface area contributed by atoms with Gasteiger partial charge in [-0.2, -0.15) is 0 Å². The average molecular weight is 483 g/mol. The van der Waals surface area contributed by atoms with Crippen LogP contribution in [-0.2, 0) is 31.3 Å². The molecule has 9 nitrogen and oxygen atoms in total. The molecule has 0 aromatic heterocycles. The molecule has 0 saturated carbocycles. The lowest BCUT2D eigenvalue weighted by Crippen LogP contribution is -2.53. The van der Waals surface area contributed by atoms with Gasteiger partial charge in [-0.1, -0.05) is 35.9 Å². The maximum Gasteiger partial charge on any atom is 0.250 e. The third-order valence-corrected chi connectivity index (χ3v) is 7.53. The number of anilines is 1. The Morgan fingerprint density at radius 2 is 1.91 bits per heavy atom. The molecule has 4 N–H and O–H groups in total. The number of primary amides is 1. The zero-order valence-electron chi connectivity index (χ0n) is 18.6. The second-order valence-electron chi connectivity index (χ2n) is 8.86. The highest BCUT2D eigenvalue weighted by Crippen LogP contribution is 2.54. The number of para-hydroxylation sites is 1. The lowest BCUT2D eigenvalue weighted by molar-refractivity contribution is -0.143. The topological polar surface area (TPSA) is 131 Å². The molecule has 176 valence electrons. The lowest BCUT2D eigenvalue weighted by atomic mass is 9.76. The van der Waals surface area contributed by atoms with Gasteiger partial charge in [0.05, 0.1) is 31.2 Å². The summed E-state index contributed by atoms with van der Waals surface area (Å²) >= 11 is 6.26. The van der Waals surface area contributed by atoms with E-state index in [2.05, 4.69) is 10.6 Å². The number of methoxy groups -OCH3 is 1. The molecular weight excluding hydrogens is 460 g/mol. The quantitative estimate of drug-likeness (QED) is 0.553. The first-order valence-electron chi connectivity index (χ1n) is 10.8. The summed E-state index contributed by atoms with van der Waals surface area (Å²) in [6.45, 7) is 1.76. The number of rotatable bonds is 5. The van der Waals surface area contributed by atoms with Crippen LogP contribution in [0.2, 0.25) is 5.02 Å². The molecule has 0 bridgehead atoms. The Morgan fingerprint density at radius 3 is 2.62 bits per heavy atom. The molecule has 3 heterocycles. The summed E-state index contributed by atoms with van der Waals surface area (Å²) in [5, 5.41) is 6.47. The highest BCUT2D eigenvalue weighted by Gasteiger charge is 2.70. The minimum absolute atomic E-state index is 0.0117. The van der Waals surface area contributed by atoms with E-state index in [0.29, 0.717) is 33.1 Å². The largest absolute Gasteiger partial charge is 0.496 e. The molecule has 0 radical (unpaired) electrons. The van der Waals surface area contributed by atoms with Crippen molar-refractivity contribution in [2.24, 2.45) is 17.6 Å². The average Bonchev–Trinajstić information content (AvgIpc) is 3.37. The van der Waals surface area contributed by atoms with Gasteiger partial charge in [0.1, 0.15) is 11.3 Å². The number of nitrogens with zero attached hydrogens (tertiary/aromatic N) is 1. The van der Waals surface area contributed by atoms with Crippen molar-refractivity contribution < 1.29 is 23.9 Å². The van der Waals surface area contributed by atoms with E-state index in [1.807, 2.05) is 0 Å². The Hall–Kier alpha value is -3.43. The Morgan fingerprint density at radius 1 is 1.18 bits per heavy atom. The molecule has 2 aromatic rings. The number of halogens is 1. The van der Waals surface area contributed by atoms with Crippen LogP contribution >= 0.6 is 11.6 Å². The van der Waals surface area contributed by atoms with Crippen LogP contribution in [-0.4, -0.2) is 41.7 Å². The fraction of sp³-hybridized carbons (Fsp3) is 0.333. The zero-order chi connectivity index (χ0) is 24.4. The summed E-state index contributed by atoms with van der Waals surface area (Å²) in [5.41, 5.74) is 6.30. The Bertz CT molecular complexity index is 1260. The summed E-state index contributed by atoms with van der Waals surface area (Å²) in [6, 6.07) is 9.65. The zero-order valence-corrected chi connectivity index (χ0v) is 19.3. The molecule has 2 saturated heterocycles. The number of likely N-dealkylation sites (tertiary alicyclic amines) is 1. The minimum Gasteiger partial charge on any atom is -0.496 e. The SMILES string of the molecule is COc1ccccc1CN1C(=O)[C@@H]2[C@H](CC(N)=O)N[C@]3(C(=O)Nc4c3ccc(Cl)c4C)[C@@H]2C1=O. The van der Waals surface area contributed by atoms with E-state index in [-0.39, 0.29) is 13.0 Å². The van der Waals surface area contributed by atoms with Crippen molar-refractivity contribution in [3.8, 4) is 5.75 Å². The third kappa shape index (κ3) is 2.97. The normalized spacial score (nSPS) is 27.2. The lowest BCUT2D eigenvalue weighted by Gasteiger charge is -2.29. The number of hydrogen-bond acceptors (Lipinski definition) is 6. The summed E-state index contributed by atoms with van der Waals surface area (Å²) in [7, 11) is 1.51. The summed E-state index contributed by atoms with van der Waals surface area (Å²) in [4.78, 5) is 53.9. The molecule has 0 unspecified atom stereocenters. The number of benzene rings is 2. The van der Waals surface area contributed by atoms with E-state index in [1.54, 1.807) is 43.3 Å². The number of carbonyl (C=O) groups is 4. The molecular formula is C24H23ClN4O5. The van der Waals surface area contributed by atoms with Gasteiger partial charge in [0.2, 0.25) is 23.6 Å². The van der Waals surface area contributed by atoms with Gasteiger partial charge in [-0.15, -0.1) is 0 Å². The van der Waals surface area contributed by atoms with Gasteiger partial charge in [0.15, 0.2) is 0 Å². The van der Waals surface area contributed by atoms with Crippen LogP contribution in [0.1, 0.15) is 23.1 Å². The summed E-state index contributed by atoms with van der Waals surface area (Å²) in [6.07, 6.45) is -0.195. The number of carbonyl (C=O) groups excluding carboxylic acids is 4. The van der Waals surface area contributed by atoms with Crippen molar-refractivity contribution >= 4 is 40.9 Å². The van der Waals surface area contributed by atoms with Gasteiger partial charge < -0.3 is 15.8 Å². The molecule has 2 fully saturated rings. The van der Waals surface area contributed by atoms with Crippen molar-refractivity contribution in [1.82, 2.24) is 10.2 Å². The molecule has 1 spiro atoms. The van der Waals surface area contributed by atoms with Crippen LogP contribution in [0.5, 0.6) is 5.75 Å². The van der Waals surface area contributed by atoms with E-state index in [1.165, 1.54) is 7.11 Å². The molecule has 3 aliphatic rings. The summed E-state index contributed by atoms with van der Waals surface area (Å²) < 4.78 is 5.38. The first-order valence-corrected chi connectivity index (χ1v) is 11.2. The second kappa shape index (κ2) is 7.82. The number of nitrogens with one attached hydrogen (secondary N) is 2. The molecule has 4 atom stereocenters. The predicted molar refractivity (Wildman–Crippen MR) is 123 cm³/mol. The molecule has 2 aromatic carbocycles. The second-order valence-corrected chi connectivity index (χ2v) is 9.26. The first-order chi connectivity index (χ1) is 16.2. The molecule has 3 aliphatic heterocycles. The van der Waals surface area contributed by atoms with Crippen LogP contribution < -0.4 is 21.1 Å². The first kappa shape index (κ1) is 22.4. The van der Waals surface area contributed by atoms with Crippen LogP contribution in [0.4, 0.5) is 5.69 Å². The third-order valence-electron chi connectivity index (χ3n) is 7.12. The maximum atomic E-state index is 13.8. The molecule has 10 heteroatoms. The van der Waals surface area contributed by atoms with Gasteiger partial charge in [-0.05, 0) is 24.6 Å². The number of fused-ring (bicyclic) bond motifs is 4. The van der Waals surface area contributed by atoms with Crippen molar-refractivity contribution in [2.75, 3.05) is 12.4 Å². The van der Waals surface area contributed by atoms with Gasteiger partial charge in [-0.3, -0.25) is 29.4 Å². The van der Waals surface area contributed by atoms with Gasteiger partial charge in [-0.25, -0.2) is 0 Å². The number of imide groups is 1. The van der Waals surface area contributed by atoms with Crippen LogP contribution in [0.25, 0.3) is 0 Å². The smallest absolute Gasteiger partial charge is 0.250 e. The molecule has 0 aliphatic carbocycles. The molecule has 34 heavy (non-hydrogen) atoms. The monoisotopic (exact) mass is 482 g/mol. The van der Waals surface area contributed by atoms with Gasteiger partial charge in [0.25, 0.3) is 0 Å². The number of nitrogens with two attached hydrogens (primary N) is 1. The molecule has 5 rings (SSSR count). The summed E-state index contributed by atoms with van der Waals surface area (Å²) in [5.74, 6) is -3.48. The highest BCUT2D eigenvalue weighted by molar-refractivity contribution is 6.32. The van der Waals surface area contributed by atoms with E-state index >= 15 is 0 Å². The fourth-order valence-electron chi connectivity index (χ4n) is 5.60. The highest BCUT2D eigenvalue weighted by atomic mass is 35.5. The Labute approximate surface area is 200 Å². The number of hydrogen-bond donors (Lipinski definition) is 3. The fourth-order valence-corrected chi connectivity index (χ4v) is 5.76. The van der Waals surface area contributed by atoms with Crippen LogP contribution in [0, 0.1) is 18.8 Å². The van der Waals surface area contributed by atoms with Crippen molar-refractivity contribution in [1.29, 1.82) is 0 Å². The van der Waals surface area contributed by atoms with E-state index in [9.17, 15) is 19.2 Å². The predicted octanol–water partition coefficient (Wildman–Crippen LogP) is 1.45. The Kier molecular flexibility index (Phi) is 5.14. The van der Waals surface area contributed by atoms with E-state index in [0.717, 1.165) is 4.90 Å². The molecule has 4 amide bonds. The van der Waals surface area contributed by atoms with Gasteiger partial charge in [0, 0.05) is 28.6 Å². The van der Waals surface area contributed by atoms with Crippen LogP contribution in [0.15, 0.2) is 36.4 Å². The Balaban J connectivity index is 1.62. The number of ether oxygens (including phenoxy) is 1. The van der Waals surface area contributed by atoms with Crippen molar-refractivity contribution in [3.05, 3.63) is 58.1 Å². The van der Waals surface area contributed by atoms with Crippen molar-refractivity contribution in [2.45, 2.75) is 31.5 Å². The van der Waals surface area contributed by atoms with E-state index < -0.39 is 47.0 Å². The van der Waals surface area contributed by atoms with Crippen molar-refractivity contribution in [3.63, 3.8) is 0 Å². The standard InChI is InChI=1S/C24H23ClN4O5/c1-11-14(25)8-7-13-20(11)27-23(33)24(13)19-18(15(28-24)9-17(26)30)21(31)29(22(19)32)10-12-5-3-4-6-16(12)34-2/h3-8,15,18-19,28H,9-10H2,1-2H3,(H2,26,30)(H,27,33)/t15-,18+,19-,24-/m0/s1. The van der Waals surface area contributed by atoms with E-state index in [4.69, 9.17) is 22.1 Å². The van der Waals surface area contributed by atoms with Crippen LogP contribution in [0.3, 0.4) is 0 Å².